The lowest BCUT2D eigenvalue weighted by molar-refractivity contribution is -0.116. The van der Waals surface area contributed by atoms with E-state index in [1.54, 1.807) is 16.8 Å². The maximum absolute atomic E-state index is 12.9. The van der Waals surface area contributed by atoms with E-state index in [1.807, 2.05) is 30.3 Å². The molecular weight excluding hydrogens is 431 g/mol. The third kappa shape index (κ3) is 3.14. The van der Waals surface area contributed by atoms with Gasteiger partial charge in [0, 0.05) is 33.8 Å². The Morgan fingerprint density at radius 2 is 1.83 bits per heavy atom. The molecule has 146 valence electrons. The van der Waals surface area contributed by atoms with E-state index >= 15 is 0 Å². The number of benzene rings is 2. The van der Waals surface area contributed by atoms with Crippen LogP contribution in [0.4, 0.5) is 5.95 Å². The Hall–Kier alpha value is -2.34. The number of fused-ring (bicyclic) bond motifs is 1. The number of nitrogens with zero attached hydrogens (tertiary/aromatic N) is 3. The van der Waals surface area contributed by atoms with Gasteiger partial charge >= 0.3 is 0 Å². The highest BCUT2D eigenvalue weighted by Crippen LogP contribution is 2.42. The van der Waals surface area contributed by atoms with E-state index in [1.165, 1.54) is 0 Å². The number of nitrogens with one attached hydrogen (secondary N) is 1. The third-order valence-electron chi connectivity index (χ3n) is 5.25. The molecule has 8 heteroatoms. The molecule has 1 aromatic heterocycles. The molecule has 0 spiro atoms. The molecule has 5 rings (SSSR count). The summed E-state index contributed by atoms with van der Waals surface area (Å²) in [5.74, 6) is 1.18. The molecule has 0 radical (unpaired) electrons. The van der Waals surface area contributed by atoms with E-state index in [4.69, 9.17) is 39.9 Å². The van der Waals surface area contributed by atoms with Crippen LogP contribution in [0.1, 0.15) is 30.9 Å². The van der Waals surface area contributed by atoms with Gasteiger partial charge in [-0.05, 0) is 37.1 Å². The zero-order chi connectivity index (χ0) is 20.1. The first kappa shape index (κ1) is 18.7. The summed E-state index contributed by atoms with van der Waals surface area (Å²) >= 11 is 18.7. The quantitative estimate of drug-likeness (QED) is 0.531. The highest BCUT2D eigenvalue weighted by molar-refractivity contribution is 6.42. The van der Waals surface area contributed by atoms with Crippen molar-refractivity contribution in [3.8, 4) is 11.4 Å². The topological polar surface area (TPSA) is 59.8 Å². The van der Waals surface area contributed by atoms with Crippen molar-refractivity contribution in [1.82, 2.24) is 14.8 Å². The summed E-state index contributed by atoms with van der Waals surface area (Å²) < 4.78 is 1.74. The predicted molar refractivity (Wildman–Crippen MR) is 115 cm³/mol. The van der Waals surface area contributed by atoms with Gasteiger partial charge in [-0.3, -0.25) is 4.79 Å². The second-order valence-electron chi connectivity index (χ2n) is 7.05. The number of rotatable bonds is 2. The molecular formula is C21H15Cl3N4O. The van der Waals surface area contributed by atoms with Crippen molar-refractivity contribution in [3.63, 3.8) is 0 Å². The summed E-state index contributed by atoms with van der Waals surface area (Å²) in [5, 5.41) is 9.51. The number of Topliss-reactive ketones (excluding diaryl/α,β-unsaturated/α-hetero) is 1. The summed E-state index contributed by atoms with van der Waals surface area (Å²) in [6.45, 7) is 0. The van der Waals surface area contributed by atoms with Gasteiger partial charge in [-0.15, -0.1) is 5.10 Å². The molecule has 0 fully saturated rings. The lowest BCUT2D eigenvalue weighted by Gasteiger charge is -2.32. The molecule has 1 unspecified atom stereocenters. The minimum Gasteiger partial charge on any atom is -0.328 e. The van der Waals surface area contributed by atoms with Gasteiger partial charge in [-0.25, -0.2) is 4.68 Å². The molecule has 1 aliphatic heterocycles. The molecule has 2 aromatic carbocycles. The lowest BCUT2D eigenvalue weighted by Crippen LogP contribution is -2.31. The lowest BCUT2D eigenvalue weighted by atomic mass is 9.85. The Kier molecular flexibility index (Phi) is 4.62. The van der Waals surface area contributed by atoms with Gasteiger partial charge in [0.05, 0.1) is 10.0 Å². The van der Waals surface area contributed by atoms with E-state index < -0.39 is 6.04 Å². The van der Waals surface area contributed by atoms with Crippen LogP contribution in [-0.2, 0) is 4.79 Å². The van der Waals surface area contributed by atoms with E-state index in [2.05, 4.69) is 10.3 Å². The van der Waals surface area contributed by atoms with Gasteiger partial charge in [0.2, 0.25) is 5.95 Å². The maximum atomic E-state index is 12.9. The highest BCUT2D eigenvalue weighted by Gasteiger charge is 2.37. The first-order chi connectivity index (χ1) is 14.0. The summed E-state index contributed by atoms with van der Waals surface area (Å²) in [6.07, 6.45) is 2.12. The summed E-state index contributed by atoms with van der Waals surface area (Å²) in [4.78, 5) is 17.5. The van der Waals surface area contributed by atoms with Crippen LogP contribution in [0, 0.1) is 0 Å². The standard InChI is InChI=1S/C21H15Cl3N4O/c22-13-5-2-1-4-12(13)19-18-16(6-3-7-17(18)29)25-21-26-20(27-28(19)21)11-8-9-14(23)15(24)10-11/h1-2,4-5,8-10,19H,3,6-7H2,(H,25,26,27). The zero-order valence-corrected chi connectivity index (χ0v) is 17.4. The first-order valence-electron chi connectivity index (χ1n) is 9.22. The van der Waals surface area contributed by atoms with Crippen LogP contribution in [-0.4, -0.2) is 20.5 Å². The van der Waals surface area contributed by atoms with Crippen LogP contribution in [0.25, 0.3) is 11.4 Å². The van der Waals surface area contributed by atoms with Crippen molar-refractivity contribution in [2.45, 2.75) is 25.3 Å². The number of anilines is 1. The zero-order valence-electron chi connectivity index (χ0n) is 15.1. The summed E-state index contributed by atoms with van der Waals surface area (Å²) in [7, 11) is 0. The number of aromatic nitrogens is 3. The fraction of sp³-hybridized carbons (Fsp3) is 0.190. The van der Waals surface area contributed by atoms with Crippen molar-refractivity contribution in [3.05, 3.63) is 74.4 Å². The van der Waals surface area contributed by atoms with E-state index in [0.717, 1.165) is 29.7 Å². The maximum Gasteiger partial charge on any atom is 0.226 e. The van der Waals surface area contributed by atoms with Crippen molar-refractivity contribution in [2.75, 3.05) is 5.32 Å². The Balaban J connectivity index is 1.69. The molecule has 2 heterocycles. The molecule has 0 amide bonds. The van der Waals surface area contributed by atoms with Gasteiger partial charge in [-0.2, -0.15) is 4.98 Å². The van der Waals surface area contributed by atoms with Crippen molar-refractivity contribution in [2.24, 2.45) is 0 Å². The fourth-order valence-electron chi connectivity index (χ4n) is 3.90. The Morgan fingerprint density at radius 3 is 2.62 bits per heavy atom. The summed E-state index contributed by atoms with van der Waals surface area (Å²) in [5.41, 5.74) is 3.17. The molecule has 5 nitrogen and oxygen atoms in total. The number of allylic oxidation sites excluding steroid dienone is 2. The molecule has 0 saturated heterocycles. The van der Waals surface area contributed by atoms with E-state index in [-0.39, 0.29) is 5.78 Å². The molecule has 0 bridgehead atoms. The smallest absolute Gasteiger partial charge is 0.226 e. The van der Waals surface area contributed by atoms with Crippen molar-refractivity contribution in [1.29, 1.82) is 0 Å². The molecule has 29 heavy (non-hydrogen) atoms. The number of carbonyl (C=O) groups excluding carboxylic acids is 1. The van der Waals surface area contributed by atoms with E-state index in [0.29, 0.717) is 38.8 Å². The predicted octanol–water partition coefficient (Wildman–Crippen LogP) is 5.93. The number of carbonyl (C=O) groups is 1. The number of halogens is 3. The molecule has 1 aliphatic carbocycles. The van der Waals surface area contributed by atoms with Gasteiger partial charge in [0.1, 0.15) is 6.04 Å². The molecule has 3 aromatic rings. The Morgan fingerprint density at radius 1 is 1.00 bits per heavy atom. The minimum absolute atomic E-state index is 0.112. The largest absolute Gasteiger partial charge is 0.328 e. The first-order valence-corrected chi connectivity index (χ1v) is 10.4. The van der Waals surface area contributed by atoms with Gasteiger partial charge in [0.25, 0.3) is 0 Å². The van der Waals surface area contributed by atoms with Crippen LogP contribution < -0.4 is 5.32 Å². The number of hydrogen-bond donors (Lipinski definition) is 1. The average Bonchev–Trinajstić information content (AvgIpc) is 3.13. The van der Waals surface area contributed by atoms with Gasteiger partial charge in [0.15, 0.2) is 11.6 Å². The monoisotopic (exact) mass is 444 g/mol. The SMILES string of the molecule is O=C1CCCC2=C1C(c1ccccc1Cl)n1nc(-c3ccc(Cl)c(Cl)c3)nc1N2. The third-order valence-corrected chi connectivity index (χ3v) is 6.33. The van der Waals surface area contributed by atoms with E-state index in [9.17, 15) is 4.79 Å². The Labute approximate surface area is 182 Å². The van der Waals surface area contributed by atoms with Crippen molar-refractivity contribution < 1.29 is 4.79 Å². The fourth-order valence-corrected chi connectivity index (χ4v) is 4.44. The summed E-state index contributed by atoms with van der Waals surface area (Å²) in [6, 6.07) is 12.4. The molecule has 2 aliphatic rings. The minimum atomic E-state index is -0.424. The molecule has 1 atom stereocenters. The second kappa shape index (κ2) is 7.17. The van der Waals surface area contributed by atoms with Crippen LogP contribution >= 0.6 is 34.8 Å². The normalized spacial score (nSPS) is 18.3. The van der Waals surface area contributed by atoms with Crippen LogP contribution in [0.5, 0.6) is 0 Å². The number of hydrogen-bond acceptors (Lipinski definition) is 4. The highest BCUT2D eigenvalue weighted by atomic mass is 35.5. The molecule has 1 N–H and O–H groups in total. The van der Waals surface area contributed by atoms with Crippen molar-refractivity contribution >= 4 is 46.5 Å². The second-order valence-corrected chi connectivity index (χ2v) is 8.27. The Bertz CT molecular complexity index is 1180. The molecule has 0 saturated carbocycles. The average molecular weight is 446 g/mol. The number of ketones is 1. The van der Waals surface area contributed by atoms with Gasteiger partial charge < -0.3 is 5.32 Å². The van der Waals surface area contributed by atoms with Crippen LogP contribution in [0.15, 0.2) is 53.7 Å². The van der Waals surface area contributed by atoms with Crippen LogP contribution in [0.3, 0.4) is 0 Å². The van der Waals surface area contributed by atoms with Gasteiger partial charge in [-0.1, -0.05) is 53.0 Å². The van der Waals surface area contributed by atoms with Crippen LogP contribution in [0.2, 0.25) is 15.1 Å².